The predicted octanol–water partition coefficient (Wildman–Crippen LogP) is 2.25. The van der Waals surface area contributed by atoms with Crippen LogP contribution < -0.4 is 10.2 Å². The normalized spacial score (nSPS) is 10.3. The molecule has 5 nitrogen and oxygen atoms in total. The predicted molar refractivity (Wildman–Crippen MR) is 77.8 cm³/mol. The van der Waals surface area contributed by atoms with Crippen LogP contribution in [-0.4, -0.2) is 35.6 Å². The van der Waals surface area contributed by atoms with Gasteiger partial charge in [-0.15, -0.1) is 0 Å². The molecule has 0 fully saturated rings. The molecule has 0 saturated heterocycles. The molecule has 0 aliphatic carbocycles. The molecule has 0 bridgehead atoms. The number of likely N-dealkylation sites (N-methyl/N-ethyl adjacent to an activating group) is 1. The standard InChI is InChI=1S/C13H16ClN5/c1-15-13-17-9-11(14)12(18-13)19(2)8-6-10-5-3-4-7-16-10/h3-5,7,9H,6,8H2,1-2H3,(H,15,17,18). The van der Waals surface area contributed by atoms with Crippen LogP contribution in [0.15, 0.2) is 30.6 Å². The van der Waals surface area contributed by atoms with E-state index in [1.807, 2.05) is 30.1 Å². The molecule has 0 aliphatic heterocycles. The van der Waals surface area contributed by atoms with Crippen molar-refractivity contribution >= 4 is 23.4 Å². The number of hydrogen-bond acceptors (Lipinski definition) is 5. The van der Waals surface area contributed by atoms with Gasteiger partial charge in [-0.05, 0) is 12.1 Å². The van der Waals surface area contributed by atoms with Crippen LogP contribution in [0, 0.1) is 0 Å². The lowest BCUT2D eigenvalue weighted by Gasteiger charge is -2.19. The van der Waals surface area contributed by atoms with E-state index in [9.17, 15) is 0 Å². The van der Waals surface area contributed by atoms with Crippen LogP contribution in [0.2, 0.25) is 5.02 Å². The number of hydrogen-bond donors (Lipinski definition) is 1. The number of nitrogens with zero attached hydrogens (tertiary/aromatic N) is 4. The molecule has 0 unspecified atom stereocenters. The molecule has 100 valence electrons. The topological polar surface area (TPSA) is 53.9 Å². The Kier molecular flexibility index (Phi) is 4.52. The second-order valence-corrected chi connectivity index (χ2v) is 4.51. The van der Waals surface area contributed by atoms with E-state index in [0.717, 1.165) is 24.5 Å². The number of nitrogens with one attached hydrogen (secondary N) is 1. The van der Waals surface area contributed by atoms with E-state index >= 15 is 0 Å². The molecule has 2 aromatic rings. The number of rotatable bonds is 5. The fraction of sp³-hybridized carbons (Fsp3) is 0.308. The fourth-order valence-corrected chi connectivity index (χ4v) is 1.92. The van der Waals surface area contributed by atoms with Crippen molar-refractivity contribution in [2.75, 3.05) is 30.9 Å². The summed E-state index contributed by atoms with van der Waals surface area (Å²) in [5.41, 5.74) is 1.05. The summed E-state index contributed by atoms with van der Waals surface area (Å²) in [6, 6.07) is 5.90. The molecule has 1 N–H and O–H groups in total. The third-order valence-electron chi connectivity index (χ3n) is 2.74. The highest BCUT2D eigenvalue weighted by Crippen LogP contribution is 2.22. The van der Waals surface area contributed by atoms with E-state index < -0.39 is 0 Å². The zero-order valence-electron chi connectivity index (χ0n) is 11.0. The minimum absolute atomic E-state index is 0.544. The Balaban J connectivity index is 2.05. The Morgan fingerprint density at radius 1 is 1.32 bits per heavy atom. The average molecular weight is 278 g/mol. The summed E-state index contributed by atoms with van der Waals surface area (Å²) >= 11 is 6.12. The first-order chi connectivity index (χ1) is 9.20. The van der Waals surface area contributed by atoms with Gasteiger partial charge in [0.2, 0.25) is 5.95 Å². The molecule has 2 heterocycles. The molecule has 0 amide bonds. The second-order valence-electron chi connectivity index (χ2n) is 4.11. The summed E-state index contributed by atoms with van der Waals surface area (Å²) in [6.07, 6.45) is 4.24. The molecule has 0 aliphatic rings. The Morgan fingerprint density at radius 2 is 2.16 bits per heavy atom. The molecule has 0 aromatic carbocycles. The van der Waals surface area contributed by atoms with Crippen molar-refractivity contribution in [3.8, 4) is 0 Å². The molecule has 2 aromatic heterocycles. The summed E-state index contributed by atoms with van der Waals surface area (Å²) in [5.74, 6) is 1.28. The summed E-state index contributed by atoms with van der Waals surface area (Å²) in [7, 11) is 3.73. The first kappa shape index (κ1) is 13.5. The van der Waals surface area contributed by atoms with E-state index in [-0.39, 0.29) is 0 Å². The van der Waals surface area contributed by atoms with Crippen LogP contribution >= 0.6 is 11.6 Å². The lowest BCUT2D eigenvalue weighted by molar-refractivity contribution is 0.836. The molecular weight excluding hydrogens is 262 g/mol. The summed E-state index contributed by atoms with van der Waals surface area (Å²) in [5, 5.41) is 3.45. The number of anilines is 2. The first-order valence-corrected chi connectivity index (χ1v) is 6.40. The Hall–Kier alpha value is -1.88. The SMILES string of the molecule is CNc1ncc(Cl)c(N(C)CCc2ccccn2)n1. The van der Waals surface area contributed by atoms with Gasteiger partial charge in [-0.2, -0.15) is 4.98 Å². The highest BCUT2D eigenvalue weighted by Gasteiger charge is 2.10. The quantitative estimate of drug-likeness (QED) is 0.908. The minimum atomic E-state index is 0.544. The smallest absolute Gasteiger partial charge is 0.224 e. The zero-order valence-corrected chi connectivity index (χ0v) is 11.7. The van der Waals surface area contributed by atoms with Gasteiger partial charge in [0, 0.05) is 39.0 Å². The summed E-state index contributed by atoms with van der Waals surface area (Å²) < 4.78 is 0. The van der Waals surface area contributed by atoms with E-state index in [1.54, 1.807) is 19.4 Å². The molecule has 0 atom stereocenters. The van der Waals surface area contributed by atoms with Gasteiger partial charge in [0.1, 0.15) is 5.02 Å². The lowest BCUT2D eigenvalue weighted by Crippen LogP contribution is -2.22. The molecule has 0 spiro atoms. The van der Waals surface area contributed by atoms with Gasteiger partial charge in [-0.25, -0.2) is 4.98 Å². The van der Waals surface area contributed by atoms with Gasteiger partial charge in [0.25, 0.3) is 0 Å². The highest BCUT2D eigenvalue weighted by molar-refractivity contribution is 6.32. The van der Waals surface area contributed by atoms with Crippen molar-refractivity contribution in [1.82, 2.24) is 15.0 Å². The Bertz CT molecular complexity index is 532. The van der Waals surface area contributed by atoms with Gasteiger partial charge in [0.15, 0.2) is 5.82 Å². The summed E-state index contributed by atoms with van der Waals surface area (Å²) in [6.45, 7) is 0.789. The van der Waals surface area contributed by atoms with Gasteiger partial charge in [0.05, 0.1) is 6.20 Å². The summed E-state index contributed by atoms with van der Waals surface area (Å²) in [4.78, 5) is 14.7. The minimum Gasteiger partial charge on any atom is -0.358 e. The van der Waals surface area contributed by atoms with Crippen molar-refractivity contribution in [3.63, 3.8) is 0 Å². The van der Waals surface area contributed by atoms with Crippen LogP contribution in [0.1, 0.15) is 5.69 Å². The van der Waals surface area contributed by atoms with Crippen molar-refractivity contribution in [3.05, 3.63) is 41.3 Å². The Labute approximate surface area is 117 Å². The monoisotopic (exact) mass is 277 g/mol. The van der Waals surface area contributed by atoms with Crippen LogP contribution in [0.3, 0.4) is 0 Å². The average Bonchev–Trinajstić information content (AvgIpc) is 2.46. The third-order valence-corrected chi connectivity index (χ3v) is 3.01. The van der Waals surface area contributed by atoms with Gasteiger partial charge in [-0.1, -0.05) is 17.7 Å². The number of aromatic nitrogens is 3. The van der Waals surface area contributed by atoms with E-state index in [4.69, 9.17) is 11.6 Å². The molecule has 0 radical (unpaired) electrons. The molecule has 0 saturated carbocycles. The van der Waals surface area contributed by atoms with Crippen LogP contribution in [0.5, 0.6) is 0 Å². The second kappa shape index (κ2) is 6.33. The van der Waals surface area contributed by atoms with Crippen LogP contribution in [0.4, 0.5) is 11.8 Å². The molecule has 2 rings (SSSR count). The Morgan fingerprint density at radius 3 is 2.84 bits per heavy atom. The molecule has 6 heteroatoms. The van der Waals surface area contributed by atoms with E-state index in [2.05, 4.69) is 20.3 Å². The molecule has 19 heavy (non-hydrogen) atoms. The van der Waals surface area contributed by atoms with Gasteiger partial charge in [-0.3, -0.25) is 4.98 Å². The largest absolute Gasteiger partial charge is 0.358 e. The molecular formula is C13H16ClN5. The maximum absolute atomic E-state index is 6.12. The highest BCUT2D eigenvalue weighted by atomic mass is 35.5. The van der Waals surface area contributed by atoms with Crippen molar-refractivity contribution in [1.29, 1.82) is 0 Å². The van der Waals surface area contributed by atoms with E-state index in [1.165, 1.54) is 0 Å². The number of halogens is 1. The van der Waals surface area contributed by atoms with Gasteiger partial charge < -0.3 is 10.2 Å². The van der Waals surface area contributed by atoms with Crippen molar-refractivity contribution < 1.29 is 0 Å². The van der Waals surface area contributed by atoms with Crippen LogP contribution in [0.25, 0.3) is 0 Å². The van der Waals surface area contributed by atoms with E-state index in [0.29, 0.717) is 11.0 Å². The number of pyridine rings is 1. The first-order valence-electron chi connectivity index (χ1n) is 6.02. The van der Waals surface area contributed by atoms with Crippen LogP contribution in [-0.2, 0) is 6.42 Å². The lowest BCUT2D eigenvalue weighted by atomic mass is 10.2. The van der Waals surface area contributed by atoms with Crippen molar-refractivity contribution in [2.45, 2.75) is 6.42 Å². The fourth-order valence-electron chi connectivity index (χ4n) is 1.68. The zero-order chi connectivity index (χ0) is 13.7. The van der Waals surface area contributed by atoms with Gasteiger partial charge >= 0.3 is 0 Å². The maximum atomic E-state index is 6.12. The maximum Gasteiger partial charge on any atom is 0.224 e. The van der Waals surface area contributed by atoms with Crippen molar-refractivity contribution in [2.24, 2.45) is 0 Å². The third kappa shape index (κ3) is 3.54.